The molecule has 0 fully saturated rings. The lowest BCUT2D eigenvalue weighted by atomic mass is 9.70. The first-order chi connectivity index (χ1) is 24.2. The largest absolute Gasteiger partial charge is 0.507 e. The average Bonchev–Trinajstić information content (AvgIpc) is 3.52. The van der Waals surface area contributed by atoms with Crippen molar-refractivity contribution in [3.63, 3.8) is 0 Å². The predicted octanol–water partition coefficient (Wildman–Crippen LogP) is 3.33. The minimum Gasteiger partial charge on any atom is -0.507 e. The summed E-state index contributed by atoms with van der Waals surface area (Å²) < 4.78 is 11.6. The summed E-state index contributed by atoms with van der Waals surface area (Å²) in [4.78, 5) is 79.5. The Morgan fingerprint density at radius 2 is 0.942 bits per heavy atom. The van der Waals surface area contributed by atoms with E-state index in [1.165, 1.54) is 55.4 Å². The summed E-state index contributed by atoms with van der Waals surface area (Å²) in [5.74, 6) is -6.34. The molecule has 0 spiro atoms. The van der Waals surface area contributed by atoms with Gasteiger partial charge in [0.05, 0.1) is 22.3 Å². The molecule has 6 N–H and O–H groups in total. The van der Waals surface area contributed by atoms with Crippen LogP contribution in [0.1, 0.15) is 84.5 Å². The number of ether oxygens (including phenoxy) is 2. The Hall–Kier alpha value is -6.18. The molecule has 4 aliphatic rings. The number of phenols is 4. The van der Waals surface area contributed by atoms with Gasteiger partial charge in [-0.15, -0.1) is 0 Å². The highest BCUT2D eigenvalue weighted by molar-refractivity contribution is 6.32. The third-order valence-corrected chi connectivity index (χ3v) is 10.4. The molecule has 6 rings (SSSR count). The smallest absolute Gasteiger partial charge is 0.194 e. The van der Waals surface area contributed by atoms with Gasteiger partial charge in [-0.1, -0.05) is 0 Å². The number of aromatic hydroxyl groups is 4. The number of nitrogens with one attached hydrogen (secondary N) is 2. The molecule has 0 saturated carbocycles. The Balaban J connectivity index is 1.25. The summed E-state index contributed by atoms with van der Waals surface area (Å²) >= 11 is 0. The van der Waals surface area contributed by atoms with E-state index in [9.17, 15) is 49.2 Å². The van der Waals surface area contributed by atoms with Crippen molar-refractivity contribution < 1.29 is 58.7 Å². The summed E-state index contributed by atoms with van der Waals surface area (Å²) in [6, 6.07) is 0. The number of allylic oxidation sites excluding steroid dienone is 8. The minimum atomic E-state index is -1.68. The van der Waals surface area contributed by atoms with E-state index in [4.69, 9.17) is 9.47 Å². The standard InChI is InChI=1S/C38H36N2O12/c1-13-29(45)25(17(5)41)33-27(31(13)47)37(7)21(51-33)11-19(43)23(35(37)49)15(3)39-9-10-40-16(4)24-20(44)12-22-38(8,36(24)50)28-32(48)14(2)30(46)26(18(6)42)34(28)52-22/h11-12,39-40,45-48H,9-10H2,1-8H3/b23-15+,24-16+/t37-,38-/m1/s1. The van der Waals surface area contributed by atoms with Crippen LogP contribution in [0.4, 0.5) is 0 Å². The van der Waals surface area contributed by atoms with Crippen molar-refractivity contribution in [1.29, 1.82) is 0 Å². The molecule has 2 atom stereocenters. The second kappa shape index (κ2) is 11.7. The van der Waals surface area contributed by atoms with Crippen molar-refractivity contribution in [3.05, 3.63) is 79.6 Å². The highest BCUT2D eigenvalue weighted by Gasteiger charge is 2.57. The molecule has 0 amide bonds. The zero-order valence-electron chi connectivity index (χ0n) is 29.6. The molecule has 0 unspecified atom stereocenters. The van der Waals surface area contributed by atoms with E-state index in [1.54, 1.807) is 0 Å². The van der Waals surface area contributed by atoms with Gasteiger partial charge in [0.25, 0.3) is 0 Å². The number of phenolic OH excluding ortho intramolecular Hbond substituents is 4. The maximum atomic E-state index is 14.1. The highest BCUT2D eigenvalue weighted by Crippen LogP contribution is 2.59. The number of hydrogen-bond acceptors (Lipinski definition) is 14. The van der Waals surface area contributed by atoms with Crippen LogP contribution < -0.4 is 20.1 Å². The number of hydrogen-bond donors (Lipinski definition) is 6. The second-order valence-corrected chi connectivity index (χ2v) is 13.6. The van der Waals surface area contributed by atoms with Gasteiger partial charge < -0.3 is 40.5 Å². The van der Waals surface area contributed by atoms with Gasteiger partial charge in [-0.2, -0.15) is 0 Å². The summed E-state index contributed by atoms with van der Waals surface area (Å²) in [5.41, 5.74) is -3.99. The fourth-order valence-electron chi connectivity index (χ4n) is 7.40. The number of carbonyl (C=O) groups excluding carboxylic acids is 6. The van der Waals surface area contributed by atoms with Crippen LogP contribution >= 0.6 is 0 Å². The van der Waals surface area contributed by atoms with Crippen molar-refractivity contribution in [3.8, 4) is 34.5 Å². The van der Waals surface area contributed by atoms with Gasteiger partial charge in [0.1, 0.15) is 68.0 Å². The van der Waals surface area contributed by atoms with Gasteiger partial charge in [-0.25, -0.2) is 0 Å². The monoisotopic (exact) mass is 712 g/mol. The molecule has 0 radical (unpaired) electrons. The summed E-state index contributed by atoms with van der Waals surface area (Å²) in [7, 11) is 0. The van der Waals surface area contributed by atoms with Gasteiger partial charge in [0.15, 0.2) is 34.7 Å². The lowest BCUT2D eigenvalue weighted by molar-refractivity contribution is -0.125. The molecule has 2 aliphatic heterocycles. The molecule has 14 heteroatoms. The predicted molar refractivity (Wildman–Crippen MR) is 183 cm³/mol. The second-order valence-electron chi connectivity index (χ2n) is 13.6. The fourth-order valence-corrected chi connectivity index (χ4v) is 7.40. The number of carbonyl (C=O) groups is 6. The summed E-state index contributed by atoms with van der Waals surface area (Å²) in [6.45, 7) is 11.3. The van der Waals surface area contributed by atoms with Crippen molar-refractivity contribution in [2.75, 3.05) is 13.1 Å². The van der Waals surface area contributed by atoms with Crippen molar-refractivity contribution in [2.24, 2.45) is 0 Å². The van der Waals surface area contributed by atoms with E-state index in [1.807, 2.05) is 0 Å². The van der Waals surface area contributed by atoms with E-state index in [-0.39, 0.29) is 92.0 Å². The van der Waals surface area contributed by atoms with Crippen LogP contribution in [0.15, 0.2) is 46.2 Å². The molecular weight excluding hydrogens is 676 g/mol. The number of rotatable bonds is 7. The lowest BCUT2D eigenvalue weighted by Crippen LogP contribution is -2.42. The molecule has 14 nitrogen and oxygen atoms in total. The highest BCUT2D eigenvalue weighted by atomic mass is 16.5. The zero-order chi connectivity index (χ0) is 38.5. The molecule has 2 aromatic carbocycles. The molecule has 270 valence electrons. The van der Waals surface area contributed by atoms with E-state index in [0.717, 1.165) is 12.2 Å². The SMILES string of the molecule is CC(=O)c1c(O)c(C)c(O)c2c1OC1=CC(=O)/C(=C(/C)NCCN/C(C)=C3\C(=O)C=C4Oc5c(C(C)=O)c(O)c(C)c(O)c5[C@]4(C)C3=O)C(=O)[C@]12C. The molecule has 0 bridgehead atoms. The van der Waals surface area contributed by atoms with E-state index in [0.29, 0.717) is 0 Å². The third kappa shape index (κ3) is 4.55. The molecular formula is C38H36N2O12. The Morgan fingerprint density at radius 1 is 0.615 bits per heavy atom. The zero-order valence-corrected chi connectivity index (χ0v) is 29.6. The molecule has 0 aromatic heterocycles. The van der Waals surface area contributed by atoms with Crippen LogP contribution in [-0.2, 0) is 30.0 Å². The first-order valence-electron chi connectivity index (χ1n) is 16.3. The van der Waals surface area contributed by atoms with Crippen LogP contribution in [0.2, 0.25) is 0 Å². The van der Waals surface area contributed by atoms with Gasteiger partial charge in [0, 0.05) is 47.8 Å². The normalized spacial score (nSPS) is 23.4. The molecule has 2 aliphatic carbocycles. The van der Waals surface area contributed by atoms with E-state index in [2.05, 4.69) is 10.6 Å². The number of ketones is 6. The number of fused-ring (bicyclic) bond motifs is 6. The first-order valence-corrected chi connectivity index (χ1v) is 16.3. The molecule has 52 heavy (non-hydrogen) atoms. The van der Waals surface area contributed by atoms with Gasteiger partial charge in [-0.05, 0) is 55.4 Å². The van der Waals surface area contributed by atoms with Crippen molar-refractivity contribution >= 4 is 34.7 Å². The topological polar surface area (TPSA) is 226 Å². The van der Waals surface area contributed by atoms with Crippen LogP contribution in [0.5, 0.6) is 34.5 Å². The fraction of sp³-hybridized carbons (Fsp3) is 0.316. The van der Waals surface area contributed by atoms with Gasteiger partial charge in [-0.3, -0.25) is 28.8 Å². The summed E-state index contributed by atoms with van der Waals surface area (Å²) in [5, 5.41) is 49.2. The lowest BCUT2D eigenvalue weighted by Gasteiger charge is -2.29. The molecule has 2 aromatic rings. The quantitative estimate of drug-likeness (QED) is 0.105. The van der Waals surface area contributed by atoms with Crippen LogP contribution in [0.25, 0.3) is 0 Å². The van der Waals surface area contributed by atoms with E-state index < -0.39 is 68.5 Å². The van der Waals surface area contributed by atoms with E-state index >= 15 is 0 Å². The van der Waals surface area contributed by atoms with Crippen LogP contribution in [0, 0.1) is 13.8 Å². The minimum absolute atomic E-state index is 0.0250. The Labute approximate surface area is 297 Å². The molecule has 0 saturated heterocycles. The van der Waals surface area contributed by atoms with Gasteiger partial charge >= 0.3 is 0 Å². The summed E-state index contributed by atoms with van der Waals surface area (Å²) in [6.07, 6.45) is 2.22. The third-order valence-electron chi connectivity index (χ3n) is 10.4. The Morgan fingerprint density at radius 3 is 1.25 bits per heavy atom. The Bertz CT molecular complexity index is 2130. The van der Waals surface area contributed by atoms with Crippen LogP contribution in [-0.4, -0.2) is 68.2 Å². The van der Waals surface area contributed by atoms with Gasteiger partial charge in [0.2, 0.25) is 0 Å². The number of Topliss-reactive ketones (excluding diaryl/α,β-unsaturated/α-hetero) is 4. The first kappa shape index (κ1) is 35.6. The molecule has 2 heterocycles. The number of benzene rings is 2. The van der Waals surface area contributed by atoms with Crippen molar-refractivity contribution in [1.82, 2.24) is 10.6 Å². The van der Waals surface area contributed by atoms with Crippen LogP contribution in [0.3, 0.4) is 0 Å². The Kier molecular flexibility index (Phi) is 8.01. The maximum Gasteiger partial charge on any atom is 0.194 e. The average molecular weight is 713 g/mol. The maximum absolute atomic E-state index is 14.1. The van der Waals surface area contributed by atoms with Crippen molar-refractivity contribution in [2.45, 2.75) is 66.2 Å².